The normalized spacial score (nSPS) is 24.8. The number of methoxy groups -OCH3 is 2. The van der Waals surface area contributed by atoms with Gasteiger partial charge in [-0.3, -0.25) is 0 Å². The molecular weight excluding hydrogens is 240 g/mol. The SMILES string of the molecule is COc1ccc(OC)c(C2(C)CNCCN(C)C2)c1. The van der Waals surface area contributed by atoms with Crippen molar-refractivity contribution in [2.24, 2.45) is 0 Å². The molecule has 1 aromatic rings. The topological polar surface area (TPSA) is 33.7 Å². The molecule has 1 N–H and O–H groups in total. The number of benzene rings is 1. The van der Waals surface area contributed by atoms with Crippen molar-refractivity contribution in [3.8, 4) is 11.5 Å². The van der Waals surface area contributed by atoms with E-state index in [9.17, 15) is 0 Å². The van der Waals surface area contributed by atoms with E-state index in [4.69, 9.17) is 9.47 Å². The lowest BCUT2D eigenvalue weighted by molar-refractivity contribution is 0.282. The van der Waals surface area contributed by atoms with Crippen LogP contribution in [-0.2, 0) is 5.41 Å². The van der Waals surface area contributed by atoms with Gasteiger partial charge in [-0.2, -0.15) is 0 Å². The van der Waals surface area contributed by atoms with E-state index >= 15 is 0 Å². The number of likely N-dealkylation sites (N-methyl/N-ethyl adjacent to an activating group) is 1. The Morgan fingerprint density at radius 3 is 2.74 bits per heavy atom. The number of hydrogen-bond donors (Lipinski definition) is 1. The fourth-order valence-electron chi connectivity index (χ4n) is 2.83. The van der Waals surface area contributed by atoms with Gasteiger partial charge in [0.2, 0.25) is 0 Å². The summed E-state index contributed by atoms with van der Waals surface area (Å²) in [6.07, 6.45) is 0. The van der Waals surface area contributed by atoms with Gasteiger partial charge in [-0.05, 0) is 25.2 Å². The summed E-state index contributed by atoms with van der Waals surface area (Å²) in [6, 6.07) is 6.03. The largest absolute Gasteiger partial charge is 0.497 e. The first kappa shape index (κ1) is 14.2. The van der Waals surface area contributed by atoms with E-state index in [0.717, 1.165) is 37.7 Å². The summed E-state index contributed by atoms with van der Waals surface area (Å²) in [7, 11) is 5.59. The number of ether oxygens (including phenoxy) is 2. The number of rotatable bonds is 3. The standard InChI is InChI=1S/C15H24N2O2/c1-15(10-16-7-8-17(2)11-15)13-9-12(18-3)5-6-14(13)19-4/h5-6,9,16H,7-8,10-11H2,1-4H3. The summed E-state index contributed by atoms with van der Waals surface area (Å²) in [5, 5.41) is 3.52. The molecule has 2 rings (SSSR count). The van der Waals surface area contributed by atoms with Crippen molar-refractivity contribution in [1.82, 2.24) is 10.2 Å². The molecular formula is C15H24N2O2. The lowest BCUT2D eigenvalue weighted by Crippen LogP contribution is -2.40. The van der Waals surface area contributed by atoms with Crippen LogP contribution in [0.2, 0.25) is 0 Å². The highest BCUT2D eigenvalue weighted by molar-refractivity contribution is 5.45. The molecule has 106 valence electrons. The molecule has 0 aromatic heterocycles. The molecule has 0 saturated carbocycles. The minimum Gasteiger partial charge on any atom is -0.497 e. The van der Waals surface area contributed by atoms with E-state index in [0.29, 0.717) is 0 Å². The summed E-state index contributed by atoms with van der Waals surface area (Å²) in [4.78, 5) is 2.36. The van der Waals surface area contributed by atoms with E-state index in [2.05, 4.69) is 30.3 Å². The maximum atomic E-state index is 5.54. The van der Waals surface area contributed by atoms with Crippen LogP contribution in [-0.4, -0.2) is 52.3 Å². The minimum atomic E-state index is 0.0190. The summed E-state index contributed by atoms with van der Waals surface area (Å²) in [5.41, 5.74) is 1.22. The van der Waals surface area contributed by atoms with Crippen LogP contribution in [0.4, 0.5) is 0 Å². The van der Waals surface area contributed by atoms with Crippen LogP contribution in [0.3, 0.4) is 0 Å². The average Bonchev–Trinajstić information content (AvgIpc) is 2.59. The van der Waals surface area contributed by atoms with Crippen LogP contribution in [0.1, 0.15) is 12.5 Å². The summed E-state index contributed by atoms with van der Waals surface area (Å²) < 4.78 is 10.9. The molecule has 4 heteroatoms. The molecule has 1 unspecified atom stereocenters. The van der Waals surface area contributed by atoms with Gasteiger partial charge in [-0.1, -0.05) is 6.92 Å². The third-order valence-electron chi connectivity index (χ3n) is 3.86. The van der Waals surface area contributed by atoms with Gasteiger partial charge in [0.25, 0.3) is 0 Å². The Morgan fingerprint density at radius 1 is 1.26 bits per heavy atom. The Morgan fingerprint density at radius 2 is 2.05 bits per heavy atom. The molecule has 0 spiro atoms. The van der Waals surface area contributed by atoms with E-state index in [1.54, 1.807) is 14.2 Å². The third kappa shape index (κ3) is 3.01. The lowest BCUT2D eigenvalue weighted by atomic mass is 9.81. The zero-order valence-electron chi connectivity index (χ0n) is 12.3. The quantitative estimate of drug-likeness (QED) is 0.897. The van der Waals surface area contributed by atoms with Crippen molar-refractivity contribution in [3.05, 3.63) is 23.8 Å². The van der Waals surface area contributed by atoms with Gasteiger partial charge in [0, 0.05) is 37.2 Å². The predicted octanol–water partition coefficient (Wildman–Crippen LogP) is 1.50. The van der Waals surface area contributed by atoms with E-state index in [1.807, 2.05) is 12.1 Å². The molecule has 1 fully saturated rings. The third-order valence-corrected chi connectivity index (χ3v) is 3.86. The van der Waals surface area contributed by atoms with Crippen LogP contribution in [0.15, 0.2) is 18.2 Å². The summed E-state index contributed by atoms with van der Waals surface area (Å²) in [6.45, 7) is 6.32. The highest BCUT2D eigenvalue weighted by Crippen LogP contribution is 2.35. The van der Waals surface area contributed by atoms with Crippen molar-refractivity contribution in [1.29, 1.82) is 0 Å². The zero-order valence-corrected chi connectivity index (χ0v) is 12.3. The fraction of sp³-hybridized carbons (Fsp3) is 0.600. The highest BCUT2D eigenvalue weighted by atomic mass is 16.5. The molecule has 1 aliphatic rings. The van der Waals surface area contributed by atoms with Gasteiger partial charge in [0.1, 0.15) is 11.5 Å². The fourth-order valence-corrected chi connectivity index (χ4v) is 2.83. The second-order valence-corrected chi connectivity index (χ2v) is 5.54. The van der Waals surface area contributed by atoms with Crippen LogP contribution < -0.4 is 14.8 Å². The molecule has 0 aliphatic carbocycles. The number of hydrogen-bond acceptors (Lipinski definition) is 4. The average molecular weight is 264 g/mol. The van der Waals surface area contributed by atoms with Gasteiger partial charge in [-0.25, -0.2) is 0 Å². The molecule has 1 saturated heterocycles. The second-order valence-electron chi connectivity index (χ2n) is 5.54. The van der Waals surface area contributed by atoms with Gasteiger partial charge in [0.15, 0.2) is 0 Å². The highest BCUT2D eigenvalue weighted by Gasteiger charge is 2.32. The first-order valence-electron chi connectivity index (χ1n) is 6.71. The molecule has 1 aliphatic heterocycles. The molecule has 0 radical (unpaired) electrons. The van der Waals surface area contributed by atoms with Crippen LogP contribution in [0, 0.1) is 0 Å². The monoisotopic (exact) mass is 264 g/mol. The van der Waals surface area contributed by atoms with Gasteiger partial charge < -0.3 is 19.7 Å². The zero-order chi connectivity index (χ0) is 13.9. The Balaban J connectivity index is 2.41. The number of nitrogens with zero attached hydrogens (tertiary/aromatic N) is 1. The predicted molar refractivity (Wildman–Crippen MR) is 77.3 cm³/mol. The lowest BCUT2D eigenvalue weighted by Gasteiger charge is -2.33. The van der Waals surface area contributed by atoms with E-state index < -0.39 is 0 Å². The van der Waals surface area contributed by atoms with Crippen molar-refractivity contribution in [3.63, 3.8) is 0 Å². The van der Waals surface area contributed by atoms with Crippen molar-refractivity contribution in [2.45, 2.75) is 12.3 Å². The Hall–Kier alpha value is -1.26. The first-order valence-corrected chi connectivity index (χ1v) is 6.71. The van der Waals surface area contributed by atoms with E-state index in [-0.39, 0.29) is 5.41 Å². The van der Waals surface area contributed by atoms with Crippen molar-refractivity contribution in [2.75, 3.05) is 47.4 Å². The van der Waals surface area contributed by atoms with Gasteiger partial charge in [-0.15, -0.1) is 0 Å². The first-order chi connectivity index (χ1) is 9.09. The summed E-state index contributed by atoms with van der Waals surface area (Å²) in [5.74, 6) is 1.81. The smallest absolute Gasteiger partial charge is 0.122 e. The van der Waals surface area contributed by atoms with Crippen molar-refractivity contribution >= 4 is 0 Å². The molecule has 0 amide bonds. The van der Waals surface area contributed by atoms with Gasteiger partial charge in [0.05, 0.1) is 14.2 Å². The number of nitrogens with one attached hydrogen (secondary N) is 1. The maximum Gasteiger partial charge on any atom is 0.122 e. The molecule has 1 aromatic carbocycles. The van der Waals surface area contributed by atoms with Crippen molar-refractivity contribution < 1.29 is 9.47 Å². The van der Waals surface area contributed by atoms with Crippen LogP contribution >= 0.6 is 0 Å². The summed E-state index contributed by atoms with van der Waals surface area (Å²) >= 11 is 0. The van der Waals surface area contributed by atoms with E-state index in [1.165, 1.54) is 5.56 Å². The maximum absolute atomic E-state index is 5.54. The Bertz CT molecular complexity index is 436. The molecule has 1 heterocycles. The van der Waals surface area contributed by atoms with Crippen LogP contribution in [0.5, 0.6) is 11.5 Å². The Kier molecular flexibility index (Phi) is 4.32. The minimum absolute atomic E-state index is 0.0190. The molecule has 0 bridgehead atoms. The Labute approximate surface area is 115 Å². The molecule has 4 nitrogen and oxygen atoms in total. The van der Waals surface area contributed by atoms with Gasteiger partial charge >= 0.3 is 0 Å². The second kappa shape index (κ2) is 5.80. The molecule has 1 atom stereocenters. The molecule has 19 heavy (non-hydrogen) atoms. The van der Waals surface area contributed by atoms with Crippen LogP contribution in [0.25, 0.3) is 0 Å².